The maximum absolute atomic E-state index is 9.95. The Bertz CT molecular complexity index is 661. The van der Waals surface area contributed by atoms with Gasteiger partial charge < -0.3 is 5.11 Å². The Balaban J connectivity index is 2.35. The molecule has 19 heavy (non-hydrogen) atoms. The summed E-state index contributed by atoms with van der Waals surface area (Å²) in [5.74, 6) is 0.218. The van der Waals surface area contributed by atoms with Crippen LogP contribution in [0.1, 0.15) is 5.56 Å². The van der Waals surface area contributed by atoms with Crippen LogP contribution in [-0.2, 0) is 0 Å². The van der Waals surface area contributed by atoms with E-state index < -0.39 is 0 Å². The third-order valence-electron chi connectivity index (χ3n) is 2.31. The number of benzene rings is 2. The number of aliphatic imine (C=N–C) groups is 1. The lowest BCUT2D eigenvalue weighted by atomic mass is 10.2. The lowest BCUT2D eigenvalue weighted by molar-refractivity contribution is 0.470. The van der Waals surface area contributed by atoms with E-state index in [1.54, 1.807) is 12.3 Å². The van der Waals surface area contributed by atoms with Gasteiger partial charge in [-0.2, -0.15) is 0 Å². The van der Waals surface area contributed by atoms with Gasteiger partial charge in [0.1, 0.15) is 5.75 Å². The third-order valence-corrected chi connectivity index (χ3v) is 4.83. The zero-order chi connectivity index (χ0) is 14.0. The molecule has 0 aromatic heterocycles. The average molecular weight is 515 g/mol. The number of nitrogens with zero attached hydrogens (tertiary/aromatic N) is 1. The fourth-order valence-electron chi connectivity index (χ4n) is 1.39. The molecule has 98 valence electrons. The summed E-state index contributed by atoms with van der Waals surface area (Å²) in [4.78, 5) is 4.31. The Morgan fingerprint density at radius 1 is 1.21 bits per heavy atom. The molecule has 0 aliphatic rings. The van der Waals surface area contributed by atoms with E-state index in [4.69, 9.17) is 11.6 Å². The molecule has 0 radical (unpaired) electrons. The zero-order valence-electron chi connectivity index (χ0n) is 9.37. The second kappa shape index (κ2) is 6.56. The summed E-state index contributed by atoms with van der Waals surface area (Å²) in [6.07, 6.45) is 1.61. The third kappa shape index (κ3) is 3.93. The van der Waals surface area contributed by atoms with Gasteiger partial charge in [0.15, 0.2) is 0 Å². The highest BCUT2D eigenvalue weighted by molar-refractivity contribution is 14.1. The fraction of sp³-hybridized carbons (Fsp3) is 0. The summed E-state index contributed by atoms with van der Waals surface area (Å²) >= 11 is 14.8. The first-order valence-corrected chi connectivity index (χ1v) is 8.19. The van der Waals surface area contributed by atoms with Crippen molar-refractivity contribution in [2.45, 2.75) is 0 Å². The van der Waals surface area contributed by atoms with Gasteiger partial charge in [0.25, 0.3) is 0 Å². The molecule has 6 heteroatoms. The van der Waals surface area contributed by atoms with Crippen LogP contribution in [0.2, 0.25) is 5.02 Å². The number of aromatic hydroxyl groups is 1. The Morgan fingerprint density at radius 2 is 1.95 bits per heavy atom. The minimum absolute atomic E-state index is 0.218. The minimum atomic E-state index is 0.218. The second-order valence-electron chi connectivity index (χ2n) is 3.68. The molecule has 0 amide bonds. The molecule has 2 aromatic rings. The predicted molar refractivity (Wildman–Crippen MR) is 94.9 cm³/mol. The van der Waals surface area contributed by atoms with Gasteiger partial charge in [0.05, 0.1) is 14.3 Å². The van der Waals surface area contributed by atoms with E-state index in [2.05, 4.69) is 59.4 Å². The molecule has 0 aliphatic heterocycles. The second-order valence-corrected chi connectivity index (χ2v) is 7.02. The lowest BCUT2D eigenvalue weighted by Crippen LogP contribution is -1.86. The molecule has 0 spiro atoms. The van der Waals surface area contributed by atoms with E-state index in [1.807, 2.05) is 24.3 Å². The van der Waals surface area contributed by atoms with Gasteiger partial charge in [-0.3, -0.25) is 4.99 Å². The number of phenolic OH excluding ortho intramolecular Hbond substituents is 1. The number of hydrogen-bond donors (Lipinski definition) is 1. The smallest absolute Gasteiger partial charge is 0.137 e. The normalized spacial score (nSPS) is 11.2. The molecule has 0 heterocycles. The van der Waals surface area contributed by atoms with Gasteiger partial charge in [0.2, 0.25) is 0 Å². The molecule has 0 fully saturated rings. The Kier molecular flexibility index (Phi) is 5.28. The number of rotatable bonds is 2. The maximum Gasteiger partial charge on any atom is 0.137 e. The molecule has 0 atom stereocenters. The SMILES string of the molecule is Oc1c(I)cc(Br)cc1C=Nc1ccc(Br)c(Cl)c1. The molecule has 2 rings (SSSR count). The summed E-state index contributed by atoms with van der Waals surface area (Å²) in [6, 6.07) is 9.07. The number of hydrogen-bond acceptors (Lipinski definition) is 2. The van der Waals surface area contributed by atoms with Gasteiger partial charge in [-0.1, -0.05) is 27.5 Å². The van der Waals surface area contributed by atoms with Crippen molar-refractivity contribution in [1.82, 2.24) is 0 Å². The average Bonchev–Trinajstić information content (AvgIpc) is 2.36. The summed E-state index contributed by atoms with van der Waals surface area (Å²) in [6.45, 7) is 0. The quantitative estimate of drug-likeness (QED) is 0.391. The van der Waals surface area contributed by atoms with Gasteiger partial charge in [-0.15, -0.1) is 0 Å². The van der Waals surface area contributed by atoms with Crippen LogP contribution in [0.15, 0.2) is 44.3 Å². The standard InChI is InChI=1S/C13H7Br2ClINO/c14-8-3-7(13(19)12(17)4-8)6-18-9-1-2-10(15)11(16)5-9/h1-6,19H. The first-order valence-electron chi connectivity index (χ1n) is 5.14. The summed E-state index contributed by atoms with van der Waals surface area (Å²) in [5, 5.41) is 10.5. The van der Waals surface area contributed by atoms with Gasteiger partial charge >= 0.3 is 0 Å². The van der Waals surface area contributed by atoms with E-state index in [0.29, 0.717) is 10.6 Å². The highest BCUT2D eigenvalue weighted by Gasteiger charge is 2.05. The molecule has 0 unspecified atom stereocenters. The minimum Gasteiger partial charge on any atom is -0.506 e. The van der Waals surface area contributed by atoms with Gasteiger partial charge in [-0.25, -0.2) is 0 Å². The van der Waals surface area contributed by atoms with Crippen LogP contribution in [0.25, 0.3) is 0 Å². The molecule has 1 N–H and O–H groups in total. The van der Waals surface area contributed by atoms with Crippen molar-refractivity contribution in [1.29, 1.82) is 0 Å². The predicted octanol–water partition coefficient (Wildman–Crippen LogP) is 5.93. The first kappa shape index (κ1) is 15.3. The van der Waals surface area contributed by atoms with E-state index in [9.17, 15) is 5.11 Å². The molecular formula is C13H7Br2ClINO. The summed E-state index contributed by atoms with van der Waals surface area (Å²) < 4.78 is 2.49. The van der Waals surface area contributed by atoms with Crippen molar-refractivity contribution in [2.24, 2.45) is 4.99 Å². The van der Waals surface area contributed by atoms with E-state index in [0.717, 1.165) is 18.2 Å². The van der Waals surface area contributed by atoms with E-state index >= 15 is 0 Å². The van der Waals surface area contributed by atoms with E-state index in [1.165, 1.54) is 0 Å². The summed E-state index contributed by atoms with van der Waals surface area (Å²) in [5.41, 5.74) is 1.38. The molecule has 2 nitrogen and oxygen atoms in total. The van der Waals surface area contributed by atoms with Crippen molar-refractivity contribution in [3.8, 4) is 5.75 Å². The van der Waals surface area contributed by atoms with Crippen LogP contribution < -0.4 is 0 Å². The maximum atomic E-state index is 9.95. The fourth-order valence-corrected chi connectivity index (χ4v) is 3.37. The van der Waals surface area contributed by atoms with Crippen LogP contribution in [-0.4, -0.2) is 11.3 Å². The Morgan fingerprint density at radius 3 is 2.63 bits per heavy atom. The van der Waals surface area contributed by atoms with Crippen molar-refractivity contribution in [3.05, 3.63) is 53.4 Å². The van der Waals surface area contributed by atoms with Crippen molar-refractivity contribution in [3.63, 3.8) is 0 Å². The monoisotopic (exact) mass is 513 g/mol. The van der Waals surface area contributed by atoms with Crippen molar-refractivity contribution < 1.29 is 5.11 Å². The highest BCUT2D eigenvalue weighted by Crippen LogP contribution is 2.29. The van der Waals surface area contributed by atoms with Gasteiger partial charge in [-0.05, 0) is 68.9 Å². The van der Waals surface area contributed by atoms with Crippen LogP contribution >= 0.6 is 66.1 Å². The highest BCUT2D eigenvalue weighted by atomic mass is 127. The lowest BCUT2D eigenvalue weighted by Gasteiger charge is -2.03. The molecular weight excluding hydrogens is 508 g/mol. The van der Waals surface area contributed by atoms with Crippen LogP contribution in [0.5, 0.6) is 5.75 Å². The van der Waals surface area contributed by atoms with E-state index in [-0.39, 0.29) is 5.75 Å². The topological polar surface area (TPSA) is 32.6 Å². The molecule has 0 bridgehead atoms. The molecule has 0 saturated heterocycles. The zero-order valence-corrected chi connectivity index (χ0v) is 15.5. The number of halogens is 4. The Labute approximate surface area is 146 Å². The first-order chi connectivity index (χ1) is 8.97. The molecule has 0 saturated carbocycles. The summed E-state index contributed by atoms with van der Waals surface area (Å²) in [7, 11) is 0. The Hall–Kier alpha value is -0.110. The van der Waals surface area contributed by atoms with Crippen LogP contribution in [0.4, 0.5) is 5.69 Å². The van der Waals surface area contributed by atoms with Crippen molar-refractivity contribution in [2.75, 3.05) is 0 Å². The largest absolute Gasteiger partial charge is 0.506 e. The molecule has 2 aromatic carbocycles. The number of phenols is 1. The van der Waals surface area contributed by atoms with Crippen LogP contribution in [0, 0.1) is 3.57 Å². The molecule has 0 aliphatic carbocycles. The van der Waals surface area contributed by atoms with Crippen molar-refractivity contribution >= 4 is 78.0 Å². The van der Waals surface area contributed by atoms with Crippen LogP contribution in [0.3, 0.4) is 0 Å². The van der Waals surface area contributed by atoms with Gasteiger partial charge in [0, 0.05) is 20.7 Å².